The zero-order valence-electron chi connectivity index (χ0n) is 13.8. The van der Waals surface area contributed by atoms with Crippen LogP contribution in [0.5, 0.6) is 11.5 Å². The maximum atomic E-state index is 9.72. The molecule has 1 heterocycles. The van der Waals surface area contributed by atoms with E-state index in [0.717, 1.165) is 27.9 Å². The number of rotatable bonds is 3. The van der Waals surface area contributed by atoms with E-state index >= 15 is 0 Å². The second-order valence-corrected chi connectivity index (χ2v) is 5.90. The highest BCUT2D eigenvalue weighted by Crippen LogP contribution is 2.34. The van der Waals surface area contributed by atoms with Gasteiger partial charge in [0.2, 0.25) is 0 Å². The molecule has 3 aromatic carbocycles. The van der Waals surface area contributed by atoms with Gasteiger partial charge in [-0.15, -0.1) is 0 Å². The lowest BCUT2D eigenvalue weighted by Crippen LogP contribution is -2.12. The normalized spacial score (nSPS) is 18.4. The maximum Gasteiger partial charge on any atom is 0.160 e. The minimum atomic E-state index is -0.178. The van der Waals surface area contributed by atoms with Crippen LogP contribution in [0.15, 0.2) is 65.7 Å². The van der Waals surface area contributed by atoms with Crippen LogP contribution in [0.4, 0.5) is 5.69 Å². The Bertz CT molecular complexity index is 947. The molecule has 5 heteroatoms. The molecule has 1 saturated heterocycles. The number of hydrogen-bond donors (Lipinski definition) is 2. The monoisotopic (exact) mass is 334 g/mol. The first-order chi connectivity index (χ1) is 12.2. The average Bonchev–Trinajstić information content (AvgIpc) is 3.11. The Morgan fingerprint density at radius 2 is 1.96 bits per heavy atom. The molecule has 1 atom stereocenters. The molecule has 0 spiro atoms. The molecule has 3 aromatic rings. The second kappa shape index (κ2) is 6.45. The van der Waals surface area contributed by atoms with E-state index in [2.05, 4.69) is 23.7 Å². The molecule has 1 aliphatic heterocycles. The number of aliphatic imine (C=N–C) groups is 1. The number of methoxy groups -OCH3 is 1. The molecule has 0 aliphatic carbocycles. The van der Waals surface area contributed by atoms with E-state index in [1.165, 1.54) is 7.11 Å². The molecule has 0 radical (unpaired) electrons. The number of phenols is 1. The summed E-state index contributed by atoms with van der Waals surface area (Å²) < 4.78 is 5.16. The average molecular weight is 334 g/mol. The minimum absolute atomic E-state index is 0.113. The van der Waals surface area contributed by atoms with Crippen molar-refractivity contribution in [3.8, 4) is 11.5 Å². The summed E-state index contributed by atoms with van der Waals surface area (Å²) in [5, 5.41) is 12.0. The Labute approximate surface area is 145 Å². The second-order valence-electron chi connectivity index (χ2n) is 5.90. The molecule has 1 unspecified atom stereocenters. The third kappa shape index (κ3) is 3.02. The maximum absolute atomic E-state index is 9.72. The van der Waals surface area contributed by atoms with E-state index < -0.39 is 0 Å². The molecule has 0 amide bonds. The third-order valence-electron chi connectivity index (χ3n) is 4.30. The molecule has 0 saturated carbocycles. The Balaban J connectivity index is 1.61. The van der Waals surface area contributed by atoms with Crippen molar-refractivity contribution in [2.24, 2.45) is 4.99 Å². The number of hydroxylamine groups is 1. The van der Waals surface area contributed by atoms with Crippen molar-refractivity contribution in [2.75, 3.05) is 7.11 Å². The summed E-state index contributed by atoms with van der Waals surface area (Å²) in [6.07, 6.45) is 0.445. The van der Waals surface area contributed by atoms with Gasteiger partial charge in [0.1, 0.15) is 11.9 Å². The van der Waals surface area contributed by atoms with Crippen molar-refractivity contribution in [3.63, 3.8) is 0 Å². The first kappa shape index (κ1) is 15.5. The standard InChI is InChI=1S/C20H18N2O3/c1-24-19-11-14(9-10-17(19)23)18-12-20(22-25-18)21-16-8-4-6-13-5-2-3-7-15(13)16/h2-11,18,23H,12H2,1H3,(H,21,22). The van der Waals surface area contributed by atoms with Crippen LogP contribution in [0.25, 0.3) is 10.8 Å². The number of fused-ring (bicyclic) bond motifs is 1. The Morgan fingerprint density at radius 1 is 1.12 bits per heavy atom. The number of amidine groups is 1. The summed E-state index contributed by atoms with van der Waals surface area (Å²) in [4.78, 5) is 10.4. The van der Waals surface area contributed by atoms with Gasteiger partial charge in [-0.05, 0) is 29.1 Å². The summed E-state index contributed by atoms with van der Waals surface area (Å²) in [6.45, 7) is 0. The number of nitrogens with zero attached hydrogens (tertiary/aromatic N) is 1. The number of hydrogen-bond acceptors (Lipinski definition) is 4. The number of aromatic hydroxyl groups is 1. The van der Waals surface area contributed by atoms with Crippen LogP contribution in [0.1, 0.15) is 18.1 Å². The first-order valence-corrected chi connectivity index (χ1v) is 8.08. The molecule has 2 N–H and O–H groups in total. The first-order valence-electron chi connectivity index (χ1n) is 8.08. The molecule has 126 valence electrons. The number of benzene rings is 3. The largest absolute Gasteiger partial charge is 0.504 e. The van der Waals surface area contributed by atoms with E-state index in [0.29, 0.717) is 12.2 Å². The molecule has 1 fully saturated rings. The predicted molar refractivity (Wildman–Crippen MR) is 97.3 cm³/mol. The van der Waals surface area contributed by atoms with Crippen molar-refractivity contribution in [1.82, 2.24) is 5.48 Å². The number of phenolic OH excluding ortho intramolecular Hbond substituents is 1. The molecule has 5 nitrogen and oxygen atoms in total. The summed E-state index contributed by atoms with van der Waals surface area (Å²) in [6, 6.07) is 19.4. The zero-order valence-corrected chi connectivity index (χ0v) is 13.8. The van der Waals surface area contributed by atoms with Crippen molar-refractivity contribution in [1.29, 1.82) is 0 Å². The van der Waals surface area contributed by atoms with Crippen molar-refractivity contribution in [2.45, 2.75) is 12.5 Å². The van der Waals surface area contributed by atoms with Gasteiger partial charge in [-0.25, -0.2) is 4.99 Å². The van der Waals surface area contributed by atoms with Gasteiger partial charge in [-0.2, -0.15) is 0 Å². The number of ether oxygens (including phenoxy) is 1. The highest BCUT2D eigenvalue weighted by atomic mass is 16.7. The van der Waals surface area contributed by atoms with Crippen LogP contribution < -0.4 is 10.2 Å². The summed E-state index contributed by atoms with van der Waals surface area (Å²) in [5.74, 6) is 1.32. The van der Waals surface area contributed by atoms with Crippen LogP contribution >= 0.6 is 0 Å². The number of nitrogens with one attached hydrogen (secondary N) is 1. The summed E-state index contributed by atoms with van der Waals surface area (Å²) in [7, 11) is 1.53. The highest BCUT2D eigenvalue weighted by molar-refractivity contribution is 5.96. The van der Waals surface area contributed by atoms with E-state index in [4.69, 9.17) is 14.6 Å². The van der Waals surface area contributed by atoms with Crippen LogP contribution in [0.3, 0.4) is 0 Å². The fourth-order valence-electron chi connectivity index (χ4n) is 3.00. The van der Waals surface area contributed by atoms with Gasteiger partial charge in [-0.1, -0.05) is 42.5 Å². The third-order valence-corrected chi connectivity index (χ3v) is 4.30. The van der Waals surface area contributed by atoms with Gasteiger partial charge in [-0.3, -0.25) is 10.3 Å². The lowest BCUT2D eigenvalue weighted by Gasteiger charge is -2.10. The van der Waals surface area contributed by atoms with Crippen molar-refractivity contribution < 1.29 is 14.7 Å². The molecule has 25 heavy (non-hydrogen) atoms. The van der Waals surface area contributed by atoms with Gasteiger partial charge in [0.25, 0.3) is 0 Å². The van der Waals surface area contributed by atoms with Crippen molar-refractivity contribution >= 4 is 22.3 Å². The summed E-state index contributed by atoms with van der Waals surface area (Å²) >= 11 is 0. The van der Waals surface area contributed by atoms with Crippen molar-refractivity contribution in [3.05, 3.63) is 66.2 Å². The van der Waals surface area contributed by atoms with Crippen LogP contribution in [-0.4, -0.2) is 18.1 Å². The van der Waals surface area contributed by atoms with Crippen LogP contribution in [0.2, 0.25) is 0 Å². The Hall–Kier alpha value is -3.05. The lowest BCUT2D eigenvalue weighted by molar-refractivity contribution is 0.0447. The van der Waals surface area contributed by atoms with Crippen LogP contribution in [-0.2, 0) is 4.84 Å². The van der Waals surface area contributed by atoms with E-state index in [-0.39, 0.29) is 11.9 Å². The van der Waals surface area contributed by atoms with Gasteiger partial charge in [0.05, 0.1) is 12.8 Å². The smallest absolute Gasteiger partial charge is 0.160 e. The Morgan fingerprint density at radius 3 is 2.84 bits per heavy atom. The quantitative estimate of drug-likeness (QED) is 0.751. The molecular weight excluding hydrogens is 316 g/mol. The zero-order chi connectivity index (χ0) is 17.2. The SMILES string of the molecule is COc1cc(C2CC(=Nc3cccc4ccccc34)NO2)ccc1O. The summed E-state index contributed by atoms with van der Waals surface area (Å²) in [5.41, 5.74) is 4.75. The lowest BCUT2D eigenvalue weighted by atomic mass is 10.1. The van der Waals surface area contributed by atoms with Gasteiger partial charge in [0, 0.05) is 11.8 Å². The molecule has 4 rings (SSSR count). The molecule has 0 bridgehead atoms. The minimum Gasteiger partial charge on any atom is -0.504 e. The topological polar surface area (TPSA) is 63.1 Å². The van der Waals surface area contributed by atoms with E-state index in [1.807, 2.05) is 30.3 Å². The highest BCUT2D eigenvalue weighted by Gasteiger charge is 2.24. The predicted octanol–water partition coefficient (Wildman–Crippen LogP) is 4.25. The fourth-order valence-corrected chi connectivity index (χ4v) is 3.00. The van der Waals surface area contributed by atoms with E-state index in [1.54, 1.807) is 12.1 Å². The van der Waals surface area contributed by atoms with E-state index in [9.17, 15) is 5.11 Å². The molecule has 0 aromatic heterocycles. The molecular formula is C20H18N2O3. The Kier molecular flexibility index (Phi) is 3.99. The molecule has 1 aliphatic rings. The fraction of sp³-hybridized carbons (Fsp3) is 0.150. The van der Waals surface area contributed by atoms with Crippen LogP contribution in [0, 0.1) is 0 Å². The van der Waals surface area contributed by atoms with Gasteiger partial charge < -0.3 is 9.84 Å². The van der Waals surface area contributed by atoms with Gasteiger partial charge in [0.15, 0.2) is 11.5 Å². The van der Waals surface area contributed by atoms with Gasteiger partial charge >= 0.3 is 0 Å².